The molecular weight excluding hydrogens is 245 g/mol. The van der Waals surface area contributed by atoms with Crippen molar-refractivity contribution >= 4 is 5.97 Å². The molecule has 0 heterocycles. The van der Waals surface area contributed by atoms with E-state index in [-0.39, 0.29) is 27.2 Å². The molecule has 0 saturated carbocycles. The summed E-state index contributed by atoms with van der Waals surface area (Å²) in [5.74, 6) is -0.136. The number of carbonyl (C=O) groups is 1. The molecule has 0 fully saturated rings. The Hall–Kier alpha value is 0.160. The first-order chi connectivity index (χ1) is 4.81. The van der Waals surface area contributed by atoms with Crippen LogP contribution in [-0.4, -0.2) is 21.9 Å². The Morgan fingerprint density at radius 3 is 2.90 bits per heavy atom. The first-order valence-corrected chi connectivity index (χ1v) is 6.85. The van der Waals surface area contributed by atoms with Gasteiger partial charge in [-0.05, 0) is 0 Å². The van der Waals surface area contributed by atoms with Crippen molar-refractivity contribution in [3.63, 3.8) is 0 Å². The Balaban J connectivity index is 3.09. The van der Waals surface area contributed by atoms with Gasteiger partial charge in [0, 0.05) is 0 Å². The summed E-state index contributed by atoms with van der Waals surface area (Å²) in [5, 5.41) is 0. The van der Waals surface area contributed by atoms with E-state index in [9.17, 15) is 4.79 Å². The van der Waals surface area contributed by atoms with Crippen LogP contribution < -0.4 is 26.7 Å². The van der Waals surface area contributed by atoms with Crippen molar-refractivity contribution in [2.75, 3.05) is 15.9 Å². The summed E-state index contributed by atoms with van der Waals surface area (Å²) in [4.78, 5) is 17.5. The van der Waals surface area contributed by atoms with Crippen LogP contribution >= 0.6 is 0 Å². The molecule has 0 unspecified atom stereocenters. The Morgan fingerprint density at radius 2 is 2.40 bits per heavy atom. The molecule has 0 aliphatic rings. The normalized spacial score (nSPS) is 9.80. The van der Waals surface area contributed by atoms with Crippen LogP contribution in [0.4, 0.5) is 0 Å². The van der Waals surface area contributed by atoms with E-state index >= 15 is 0 Å². The number of alkyl halides is 2. The van der Waals surface area contributed by atoms with Gasteiger partial charge in [-0.25, -0.2) is 0 Å². The fourth-order valence-corrected chi connectivity index (χ4v) is 1.36. The minimum absolute atomic E-state index is 0.136. The molecule has 0 aromatic carbocycles. The molecule has 0 rings (SSSR count). The number of hydroxylamine groups is 1. The molecule has 0 spiro atoms. The van der Waals surface area contributed by atoms with Gasteiger partial charge in [-0.2, -0.15) is 0 Å². The summed E-state index contributed by atoms with van der Waals surface area (Å²) in [6, 6.07) is 0. The molecule has 0 aliphatic carbocycles. The van der Waals surface area contributed by atoms with Crippen molar-refractivity contribution in [1.82, 2.24) is 5.48 Å². The fourth-order valence-electron chi connectivity index (χ4n) is 0.375. The van der Waals surface area contributed by atoms with E-state index in [0.717, 1.165) is 4.43 Å². The van der Waals surface area contributed by atoms with Crippen LogP contribution in [0, 0.1) is 0 Å². The van der Waals surface area contributed by atoms with Gasteiger partial charge in [0.05, 0.1) is 0 Å². The second-order valence-electron chi connectivity index (χ2n) is 1.68. The van der Waals surface area contributed by atoms with Gasteiger partial charge in [0.1, 0.15) is 0 Å². The third-order valence-electron chi connectivity index (χ3n) is 0.818. The van der Waals surface area contributed by atoms with Crippen LogP contribution in [0.1, 0.15) is 13.3 Å². The Kier molecular flexibility index (Phi) is 7.39. The van der Waals surface area contributed by atoms with Crippen LogP contribution in [0.5, 0.6) is 0 Å². The standard InChI is InChI=1S/C6H13INO2/c1-3-8-10-6(9)4-5-7-2/h8H,3-5H2,1-2H3/q-1. The molecule has 62 valence electrons. The third kappa shape index (κ3) is 6.28. The number of carbonyl (C=O) groups excluding carboxylic acids is 1. The van der Waals surface area contributed by atoms with Crippen LogP contribution in [-0.2, 0) is 9.63 Å². The molecule has 1 N–H and O–H groups in total. The van der Waals surface area contributed by atoms with Crippen molar-refractivity contribution in [2.24, 2.45) is 0 Å². The molecule has 0 bridgehead atoms. The maximum atomic E-state index is 10.7. The van der Waals surface area contributed by atoms with E-state index in [0.29, 0.717) is 13.0 Å². The maximum absolute atomic E-state index is 10.7. The molecular formula is C6H13INO2-. The number of nitrogens with one attached hydrogen (secondary N) is 1. The zero-order chi connectivity index (χ0) is 7.82. The monoisotopic (exact) mass is 258 g/mol. The van der Waals surface area contributed by atoms with Crippen LogP contribution in [0.25, 0.3) is 0 Å². The molecule has 0 atom stereocenters. The minimum atomic E-state index is -0.136. The van der Waals surface area contributed by atoms with E-state index in [1.165, 1.54) is 0 Å². The molecule has 0 aromatic rings. The summed E-state index contributed by atoms with van der Waals surface area (Å²) in [5.41, 5.74) is 2.52. The summed E-state index contributed by atoms with van der Waals surface area (Å²) >= 11 is 0.229. The third-order valence-corrected chi connectivity index (χ3v) is 2.44. The summed E-state index contributed by atoms with van der Waals surface area (Å²) in [6.45, 7) is 2.56. The number of hydrogen-bond donors (Lipinski definition) is 1. The van der Waals surface area contributed by atoms with E-state index < -0.39 is 0 Å². The first kappa shape index (κ1) is 10.2. The average molecular weight is 258 g/mol. The Morgan fingerprint density at radius 1 is 1.70 bits per heavy atom. The second-order valence-corrected chi connectivity index (χ2v) is 4.28. The number of hydrogen-bond acceptors (Lipinski definition) is 3. The molecule has 4 heteroatoms. The van der Waals surface area contributed by atoms with E-state index in [1.807, 2.05) is 6.92 Å². The summed E-state index contributed by atoms with van der Waals surface area (Å²) in [6.07, 6.45) is 0.566. The summed E-state index contributed by atoms with van der Waals surface area (Å²) < 4.78 is 1.02. The van der Waals surface area contributed by atoms with Crippen LogP contribution in [0.2, 0.25) is 0 Å². The molecule has 0 aromatic heterocycles. The molecule has 0 radical (unpaired) electrons. The van der Waals surface area contributed by atoms with Crippen LogP contribution in [0.3, 0.4) is 0 Å². The van der Waals surface area contributed by atoms with Gasteiger partial charge in [0.2, 0.25) is 0 Å². The SMILES string of the molecule is CCNOC(=O)CC[I-]C. The van der Waals surface area contributed by atoms with Crippen molar-refractivity contribution in [3.05, 3.63) is 0 Å². The molecule has 3 nitrogen and oxygen atoms in total. The molecule has 0 aliphatic heterocycles. The average Bonchev–Trinajstić information content (AvgIpc) is 1.97. The first-order valence-electron chi connectivity index (χ1n) is 3.17. The Labute approximate surface area is 71.7 Å². The molecule has 10 heavy (non-hydrogen) atoms. The van der Waals surface area contributed by atoms with Gasteiger partial charge in [0.25, 0.3) is 0 Å². The van der Waals surface area contributed by atoms with Crippen molar-refractivity contribution in [3.8, 4) is 0 Å². The van der Waals surface area contributed by atoms with E-state index in [1.54, 1.807) is 0 Å². The summed E-state index contributed by atoms with van der Waals surface area (Å²) in [7, 11) is 0. The number of halogens is 1. The fraction of sp³-hybridized carbons (Fsp3) is 0.833. The van der Waals surface area contributed by atoms with E-state index in [4.69, 9.17) is 0 Å². The van der Waals surface area contributed by atoms with Gasteiger partial charge < -0.3 is 0 Å². The predicted octanol–water partition coefficient (Wildman–Crippen LogP) is -2.84. The topological polar surface area (TPSA) is 38.3 Å². The van der Waals surface area contributed by atoms with E-state index in [2.05, 4.69) is 15.2 Å². The predicted molar refractivity (Wildman–Crippen MR) is 35.2 cm³/mol. The van der Waals surface area contributed by atoms with Gasteiger partial charge in [0.15, 0.2) is 0 Å². The molecule has 0 saturated heterocycles. The Bertz CT molecular complexity index is 87.7. The van der Waals surface area contributed by atoms with Gasteiger partial charge in [-0.15, -0.1) is 0 Å². The van der Waals surface area contributed by atoms with Gasteiger partial charge in [-0.3, -0.25) is 0 Å². The van der Waals surface area contributed by atoms with Crippen LogP contribution in [0.15, 0.2) is 0 Å². The van der Waals surface area contributed by atoms with Gasteiger partial charge in [-0.1, -0.05) is 0 Å². The zero-order valence-electron chi connectivity index (χ0n) is 6.32. The molecule has 0 amide bonds. The second kappa shape index (κ2) is 7.27. The van der Waals surface area contributed by atoms with Crippen molar-refractivity contribution in [1.29, 1.82) is 0 Å². The van der Waals surface area contributed by atoms with Crippen molar-refractivity contribution < 1.29 is 30.8 Å². The van der Waals surface area contributed by atoms with Crippen molar-refractivity contribution in [2.45, 2.75) is 13.3 Å². The quantitative estimate of drug-likeness (QED) is 0.328. The number of rotatable bonds is 5. The zero-order valence-corrected chi connectivity index (χ0v) is 8.47. The van der Waals surface area contributed by atoms with Gasteiger partial charge >= 0.3 is 71.5 Å².